The van der Waals surface area contributed by atoms with E-state index >= 15 is 0 Å². The van der Waals surface area contributed by atoms with Crippen LogP contribution in [0.3, 0.4) is 0 Å². The summed E-state index contributed by atoms with van der Waals surface area (Å²) in [5.74, 6) is 1.49. The molecule has 0 aromatic carbocycles. The molecule has 1 atom stereocenters. The molecule has 0 bridgehead atoms. The highest BCUT2D eigenvalue weighted by Gasteiger charge is 2.19. The van der Waals surface area contributed by atoms with Crippen molar-refractivity contribution in [2.24, 2.45) is 11.8 Å². The van der Waals surface area contributed by atoms with Gasteiger partial charge in [0.15, 0.2) is 0 Å². The molecule has 1 fully saturated rings. The summed E-state index contributed by atoms with van der Waals surface area (Å²) in [4.78, 5) is 10.7. The Morgan fingerprint density at radius 2 is 2.15 bits per heavy atom. The number of carbonyl (C=O) groups is 1. The molecule has 2 N–H and O–H groups in total. The lowest BCUT2D eigenvalue weighted by Gasteiger charge is -2.28. The van der Waals surface area contributed by atoms with E-state index in [4.69, 9.17) is 0 Å². The zero-order valence-corrected chi connectivity index (χ0v) is 8.60. The van der Waals surface area contributed by atoms with Gasteiger partial charge < -0.3 is 10.6 Å². The summed E-state index contributed by atoms with van der Waals surface area (Å²) in [5, 5.41) is 6.23. The van der Waals surface area contributed by atoms with Crippen molar-refractivity contribution in [2.45, 2.75) is 26.7 Å². The van der Waals surface area contributed by atoms with Crippen molar-refractivity contribution in [2.75, 3.05) is 19.6 Å². The predicted molar refractivity (Wildman–Crippen MR) is 53.4 cm³/mol. The Morgan fingerprint density at radius 1 is 1.54 bits per heavy atom. The van der Waals surface area contributed by atoms with E-state index in [9.17, 15) is 4.79 Å². The second-order valence-electron chi connectivity index (χ2n) is 4.00. The Hall–Kier alpha value is -0.570. The van der Waals surface area contributed by atoms with Crippen LogP contribution in [0.25, 0.3) is 0 Å². The van der Waals surface area contributed by atoms with Crippen molar-refractivity contribution in [1.82, 2.24) is 10.6 Å². The number of carbonyl (C=O) groups excluding carboxylic acids is 1. The molecule has 3 heteroatoms. The molecular weight excluding hydrogens is 164 g/mol. The first-order valence-corrected chi connectivity index (χ1v) is 5.15. The minimum absolute atomic E-state index is 0.0841. The molecule has 0 aromatic rings. The van der Waals surface area contributed by atoms with Gasteiger partial charge in [0.1, 0.15) is 0 Å². The third kappa shape index (κ3) is 3.77. The maximum absolute atomic E-state index is 10.7. The maximum Gasteiger partial charge on any atom is 0.216 e. The molecule has 1 heterocycles. The molecule has 1 rings (SSSR count). The van der Waals surface area contributed by atoms with Crippen LogP contribution in [0.15, 0.2) is 0 Å². The molecule has 76 valence electrons. The largest absolute Gasteiger partial charge is 0.356 e. The normalized spacial score (nSPS) is 21.1. The Bertz CT molecular complexity index is 164. The van der Waals surface area contributed by atoms with E-state index in [-0.39, 0.29) is 5.91 Å². The van der Waals surface area contributed by atoms with Gasteiger partial charge in [0.05, 0.1) is 0 Å². The van der Waals surface area contributed by atoms with Crippen LogP contribution in [0.1, 0.15) is 26.7 Å². The average molecular weight is 184 g/mol. The first-order chi connectivity index (χ1) is 6.20. The second kappa shape index (κ2) is 5.22. The summed E-state index contributed by atoms with van der Waals surface area (Å²) < 4.78 is 0. The highest BCUT2D eigenvalue weighted by atomic mass is 16.1. The number of nitrogens with one attached hydrogen (secondary N) is 2. The molecule has 0 saturated carbocycles. The number of hydrogen-bond donors (Lipinski definition) is 2. The van der Waals surface area contributed by atoms with Crippen molar-refractivity contribution in [3.63, 3.8) is 0 Å². The van der Waals surface area contributed by atoms with E-state index in [1.165, 1.54) is 12.8 Å². The summed E-state index contributed by atoms with van der Waals surface area (Å²) in [6.07, 6.45) is 2.50. The van der Waals surface area contributed by atoms with Crippen molar-refractivity contribution in [1.29, 1.82) is 0 Å². The SMILES string of the molecule is CC(=O)NCC(C)C1CCNCC1. The van der Waals surface area contributed by atoms with E-state index in [2.05, 4.69) is 17.6 Å². The third-order valence-electron chi connectivity index (χ3n) is 2.86. The molecule has 0 radical (unpaired) electrons. The molecule has 13 heavy (non-hydrogen) atoms. The van der Waals surface area contributed by atoms with Gasteiger partial charge in [-0.2, -0.15) is 0 Å². The average Bonchev–Trinajstić information content (AvgIpc) is 2.15. The first kappa shape index (κ1) is 10.5. The maximum atomic E-state index is 10.7. The Kier molecular flexibility index (Phi) is 4.22. The fourth-order valence-electron chi connectivity index (χ4n) is 1.88. The van der Waals surface area contributed by atoms with Crippen molar-refractivity contribution in [3.8, 4) is 0 Å². The van der Waals surface area contributed by atoms with Crippen LogP contribution in [0.2, 0.25) is 0 Å². The molecule has 3 nitrogen and oxygen atoms in total. The number of piperidine rings is 1. The van der Waals surface area contributed by atoms with E-state index in [0.717, 1.165) is 25.6 Å². The smallest absolute Gasteiger partial charge is 0.216 e. The number of hydrogen-bond acceptors (Lipinski definition) is 2. The van der Waals surface area contributed by atoms with Gasteiger partial charge in [-0.25, -0.2) is 0 Å². The standard InChI is InChI=1S/C10H20N2O/c1-8(7-12-9(2)13)10-3-5-11-6-4-10/h8,10-11H,3-7H2,1-2H3,(H,12,13). The van der Waals surface area contributed by atoms with Gasteiger partial charge in [0.2, 0.25) is 5.91 Å². The first-order valence-electron chi connectivity index (χ1n) is 5.15. The van der Waals surface area contributed by atoms with Gasteiger partial charge in [0, 0.05) is 13.5 Å². The van der Waals surface area contributed by atoms with Crippen molar-refractivity contribution >= 4 is 5.91 Å². The quantitative estimate of drug-likeness (QED) is 0.680. The van der Waals surface area contributed by atoms with E-state index < -0.39 is 0 Å². The number of amides is 1. The minimum atomic E-state index is 0.0841. The van der Waals surface area contributed by atoms with Gasteiger partial charge in [-0.3, -0.25) is 4.79 Å². The molecule has 0 spiro atoms. The van der Waals surface area contributed by atoms with E-state index in [1.807, 2.05) is 0 Å². The molecular formula is C10H20N2O. The minimum Gasteiger partial charge on any atom is -0.356 e. The van der Waals surface area contributed by atoms with Gasteiger partial charge in [-0.1, -0.05) is 6.92 Å². The monoisotopic (exact) mass is 184 g/mol. The fourth-order valence-corrected chi connectivity index (χ4v) is 1.88. The summed E-state index contributed by atoms with van der Waals surface area (Å²) in [6, 6.07) is 0. The highest BCUT2D eigenvalue weighted by molar-refractivity contribution is 5.72. The molecule has 0 aromatic heterocycles. The molecule has 1 saturated heterocycles. The third-order valence-corrected chi connectivity index (χ3v) is 2.86. The zero-order valence-electron chi connectivity index (χ0n) is 8.60. The zero-order chi connectivity index (χ0) is 9.68. The molecule has 1 aliphatic rings. The lowest BCUT2D eigenvalue weighted by atomic mass is 9.86. The van der Waals surface area contributed by atoms with Crippen molar-refractivity contribution in [3.05, 3.63) is 0 Å². The van der Waals surface area contributed by atoms with Gasteiger partial charge in [-0.05, 0) is 37.8 Å². The van der Waals surface area contributed by atoms with Crippen LogP contribution in [-0.2, 0) is 4.79 Å². The lowest BCUT2D eigenvalue weighted by Crippen LogP contribution is -2.35. The summed E-state index contributed by atoms with van der Waals surface area (Å²) in [7, 11) is 0. The van der Waals surface area contributed by atoms with Gasteiger partial charge >= 0.3 is 0 Å². The lowest BCUT2D eigenvalue weighted by molar-refractivity contribution is -0.119. The van der Waals surface area contributed by atoms with Crippen LogP contribution in [0, 0.1) is 11.8 Å². The molecule has 1 unspecified atom stereocenters. The fraction of sp³-hybridized carbons (Fsp3) is 0.900. The second-order valence-corrected chi connectivity index (χ2v) is 4.00. The molecule has 0 aliphatic carbocycles. The van der Waals surface area contributed by atoms with Gasteiger partial charge in [-0.15, -0.1) is 0 Å². The molecule has 1 amide bonds. The topological polar surface area (TPSA) is 41.1 Å². The van der Waals surface area contributed by atoms with E-state index in [1.54, 1.807) is 6.92 Å². The summed E-state index contributed by atoms with van der Waals surface area (Å²) in [6.45, 7) is 6.91. The Balaban J connectivity index is 2.20. The Morgan fingerprint density at radius 3 is 2.69 bits per heavy atom. The number of rotatable bonds is 3. The van der Waals surface area contributed by atoms with Gasteiger partial charge in [0.25, 0.3) is 0 Å². The predicted octanol–water partition coefficient (Wildman–Crippen LogP) is 0.758. The Labute approximate surface area is 80.3 Å². The van der Waals surface area contributed by atoms with Crippen LogP contribution >= 0.6 is 0 Å². The summed E-state index contributed by atoms with van der Waals surface area (Å²) in [5.41, 5.74) is 0. The highest BCUT2D eigenvalue weighted by Crippen LogP contribution is 2.20. The van der Waals surface area contributed by atoms with E-state index in [0.29, 0.717) is 5.92 Å². The van der Waals surface area contributed by atoms with Crippen LogP contribution < -0.4 is 10.6 Å². The summed E-state index contributed by atoms with van der Waals surface area (Å²) >= 11 is 0. The van der Waals surface area contributed by atoms with Crippen LogP contribution in [-0.4, -0.2) is 25.5 Å². The van der Waals surface area contributed by atoms with Crippen LogP contribution in [0.4, 0.5) is 0 Å². The van der Waals surface area contributed by atoms with Crippen LogP contribution in [0.5, 0.6) is 0 Å². The van der Waals surface area contributed by atoms with Crippen molar-refractivity contribution < 1.29 is 4.79 Å². The molecule has 1 aliphatic heterocycles.